The third-order valence-electron chi connectivity index (χ3n) is 2.65. The first kappa shape index (κ1) is 14.6. The second-order valence-corrected chi connectivity index (χ2v) is 4.85. The van der Waals surface area contributed by atoms with E-state index in [0.717, 1.165) is 5.56 Å². The van der Waals surface area contributed by atoms with Gasteiger partial charge in [0.1, 0.15) is 5.82 Å². The van der Waals surface area contributed by atoms with Crippen molar-refractivity contribution in [2.75, 3.05) is 13.1 Å². The second-order valence-electron chi connectivity index (χ2n) is 4.85. The number of hydrogen-bond acceptors (Lipinski definition) is 2. The van der Waals surface area contributed by atoms with Crippen LogP contribution in [0.3, 0.4) is 0 Å². The van der Waals surface area contributed by atoms with Crippen LogP contribution in [0.15, 0.2) is 24.3 Å². The largest absolute Gasteiger partial charge is 0.355 e. The van der Waals surface area contributed by atoms with Gasteiger partial charge in [-0.1, -0.05) is 26.0 Å². The molecule has 0 spiro atoms. The van der Waals surface area contributed by atoms with Gasteiger partial charge in [0, 0.05) is 12.6 Å². The van der Waals surface area contributed by atoms with Crippen molar-refractivity contribution in [2.24, 2.45) is 5.92 Å². The molecule has 0 aliphatic rings. The third-order valence-corrected chi connectivity index (χ3v) is 2.65. The van der Waals surface area contributed by atoms with Gasteiger partial charge in [-0.25, -0.2) is 4.39 Å². The normalized spacial score (nSPS) is 12.5. The number of benzene rings is 1. The van der Waals surface area contributed by atoms with Crippen molar-refractivity contribution >= 4 is 5.91 Å². The van der Waals surface area contributed by atoms with Crippen LogP contribution < -0.4 is 10.6 Å². The number of hydrogen-bond donors (Lipinski definition) is 2. The maximum Gasteiger partial charge on any atom is 0.233 e. The molecule has 4 heteroatoms. The Balaban J connectivity index is 2.34. The number of nitrogens with one attached hydrogen (secondary N) is 2. The van der Waals surface area contributed by atoms with Crippen molar-refractivity contribution in [3.8, 4) is 0 Å². The molecule has 1 aromatic rings. The number of halogens is 1. The van der Waals surface area contributed by atoms with Crippen molar-refractivity contribution in [3.63, 3.8) is 0 Å². The Labute approximate surface area is 108 Å². The molecule has 0 fully saturated rings. The standard InChI is InChI=1S/C14H21FN2O/c1-10(2)8-17-14(18)9-16-11(3)12-4-6-13(15)7-5-12/h4-7,10-11,16H,8-9H2,1-3H3,(H,17,18). The minimum Gasteiger partial charge on any atom is -0.355 e. The van der Waals surface area contributed by atoms with Crippen LogP contribution in [0.5, 0.6) is 0 Å². The van der Waals surface area contributed by atoms with E-state index in [4.69, 9.17) is 0 Å². The second kappa shape index (κ2) is 7.11. The first-order valence-corrected chi connectivity index (χ1v) is 6.24. The van der Waals surface area contributed by atoms with Gasteiger partial charge in [0.15, 0.2) is 0 Å². The highest BCUT2D eigenvalue weighted by Gasteiger charge is 2.07. The lowest BCUT2D eigenvalue weighted by Crippen LogP contribution is -2.36. The van der Waals surface area contributed by atoms with Crippen molar-refractivity contribution in [2.45, 2.75) is 26.8 Å². The quantitative estimate of drug-likeness (QED) is 0.815. The van der Waals surface area contributed by atoms with Gasteiger partial charge in [0.2, 0.25) is 5.91 Å². The minimum atomic E-state index is -0.249. The van der Waals surface area contributed by atoms with Crippen molar-refractivity contribution in [1.82, 2.24) is 10.6 Å². The van der Waals surface area contributed by atoms with E-state index in [2.05, 4.69) is 24.5 Å². The molecule has 0 heterocycles. The third kappa shape index (κ3) is 5.27. The molecule has 1 aromatic carbocycles. The Kier molecular flexibility index (Phi) is 5.78. The van der Waals surface area contributed by atoms with Gasteiger partial charge in [0.25, 0.3) is 0 Å². The molecule has 2 N–H and O–H groups in total. The Morgan fingerprint density at radius 2 is 1.83 bits per heavy atom. The summed E-state index contributed by atoms with van der Waals surface area (Å²) in [5.41, 5.74) is 0.966. The highest BCUT2D eigenvalue weighted by atomic mass is 19.1. The fraction of sp³-hybridized carbons (Fsp3) is 0.500. The van der Waals surface area contributed by atoms with Gasteiger partial charge >= 0.3 is 0 Å². The van der Waals surface area contributed by atoms with E-state index in [1.807, 2.05) is 6.92 Å². The zero-order valence-corrected chi connectivity index (χ0v) is 11.2. The molecule has 0 bridgehead atoms. The fourth-order valence-electron chi connectivity index (χ4n) is 1.50. The van der Waals surface area contributed by atoms with E-state index in [9.17, 15) is 9.18 Å². The lowest BCUT2D eigenvalue weighted by atomic mass is 10.1. The summed E-state index contributed by atoms with van der Waals surface area (Å²) in [4.78, 5) is 11.5. The Hall–Kier alpha value is -1.42. The van der Waals surface area contributed by atoms with E-state index < -0.39 is 0 Å². The molecule has 0 saturated heterocycles. The summed E-state index contributed by atoms with van der Waals surface area (Å²) in [5.74, 6) is 0.182. The Bertz CT molecular complexity index is 376. The Morgan fingerprint density at radius 1 is 1.22 bits per heavy atom. The molecule has 0 saturated carbocycles. The molecule has 1 amide bonds. The number of amides is 1. The average molecular weight is 252 g/mol. The number of carbonyl (C=O) groups excluding carboxylic acids is 1. The van der Waals surface area contributed by atoms with Gasteiger partial charge in [-0.05, 0) is 30.5 Å². The predicted octanol–water partition coefficient (Wildman–Crippen LogP) is 2.25. The summed E-state index contributed by atoms with van der Waals surface area (Å²) in [7, 11) is 0. The highest BCUT2D eigenvalue weighted by Crippen LogP contribution is 2.12. The topological polar surface area (TPSA) is 41.1 Å². The number of rotatable bonds is 6. The van der Waals surface area contributed by atoms with Crippen molar-refractivity contribution < 1.29 is 9.18 Å². The minimum absolute atomic E-state index is 0.0161. The van der Waals surface area contributed by atoms with E-state index in [1.54, 1.807) is 12.1 Å². The van der Waals surface area contributed by atoms with Crippen LogP contribution in [-0.4, -0.2) is 19.0 Å². The van der Waals surface area contributed by atoms with E-state index in [0.29, 0.717) is 12.5 Å². The van der Waals surface area contributed by atoms with Crippen LogP contribution in [0, 0.1) is 11.7 Å². The van der Waals surface area contributed by atoms with Gasteiger partial charge in [-0.3, -0.25) is 4.79 Å². The summed E-state index contributed by atoms with van der Waals surface area (Å²) in [6.07, 6.45) is 0. The zero-order chi connectivity index (χ0) is 13.5. The van der Waals surface area contributed by atoms with Crippen LogP contribution in [0.25, 0.3) is 0 Å². The molecule has 0 aromatic heterocycles. The highest BCUT2D eigenvalue weighted by molar-refractivity contribution is 5.78. The van der Waals surface area contributed by atoms with Crippen LogP contribution in [-0.2, 0) is 4.79 Å². The van der Waals surface area contributed by atoms with Gasteiger partial charge in [0.05, 0.1) is 6.54 Å². The van der Waals surface area contributed by atoms with Crippen molar-refractivity contribution in [1.29, 1.82) is 0 Å². The molecule has 0 aliphatic heterocycles. The van der Waals surface area contributed by atoms with Gasteiger partial charge < -0.3 is 10.6 Å². The van der Waals surface area contributed by atoms with Crippen LogP contribution in [0.1, 0.15) is 32.4 Å². The zero-order valence-electron chi connectivity index (χ0n) is 11.2. The first-order chi connectivity index (χ1) is 8.49. The first-order valence-electron chi connectivity index (χ1n) is 6.24. The molecular formula is C14H21FN2O. The van der Waals surface area contributed by atoms with Crippen LogP contribution in [0.2, 0.25) is 0 Å². The van der Waals surface area contributed by atoms with E-state index >= 15 is 0 Å². The van der Waals surface area contributed by atoms with E-state index in [1.165, 1.54) is 12.1 Å². The SMILES string of the molecule is CC(C)CNC(=O)CNC(C)c1ccc(F)cc1. The molecule has 100 valence electrons. The molecule has 0 radical (unpaired) electrons. The Morgan fingerprint density at radius 3 is 2.39 bits per heavy atom. The lowest BCUT2D eigenvalue weighted by molar-refractivity contribution is -0.120. The summed E-state index contributed by atoms with van der Waals surface area (Å²) >= 11 is 0. The average Bonchev–Trinajstić information content (AvgIpc) is 2.34. The molecule has 1 rings (SSSR count). The summed E-state index contributed by atoms with van der Waals surface area (Å²) in [6, 6.07) is 6.31. The summed E-state index contributed by atoms with van der Waals surface area (Å²) < 4.78 is 12.8. The predicted molar refractivity (Wildman–Crippen MR) is 70.7 cm³/mol. The number of carbonyl (C=O) groups is 1. The van der Waals surface area contributed by atoms with E-state index in [-0.39, 0.29) is 24.3 Å². The smallest absolute Gasteiger partial charge is 0.233 e. The summed E-state index contributed by atoms with van der Waals surface area (Å²) in [5, 5.41) is 5.94. The molecule has 0 aliphatic carbocycles. The monoisotopic (exact) mass is 252 g/mol. The van der Waals surface area contributed by atoms with Gasteiger partial charge in [-0.15, -0.1) is 0 Å². The molecule has 1 unspecified atom stereocenters. The lowest BCUT2D eigenvalue weighted by Gasteiger charge is -2.14. The van der Waals surface area contributed by atoms with Gasteiger partial charge in [-0.2, -0.15) is 0 Å². The maximum atomic E-state index is 12.8. The van der Waals surface area contributed by atoms with Crippen LogP contribution >= 0.6 is 0 Å². The van der Waals surface area contributed by atoms with Crippen LogP contribution in [0.4, 0.5) is 4.39 Å². The fourth-order valence-corrected chi connectivity index (χ4v) is 1.50. The summed E-state index contributed by atoms with van der Waals surface area (Å²) in [6.45, 7) is 7.00. The molecular weight excluding hydrogens is 231 g/mol. The molecule has 1 atom stereocenters. The molecule has 18 heavy (non-hydrogen) atoms. The maximum absolute atomic E-state index is 12.8. The van der Waals surface area contributed by atoms with Crippen molar-refractivity contribution in [3.05, 3.63) is 35.6 Å². The molecule has 3 nitrogen and oxygen atoms in total.